The quantitative estimate of drug-likeness (QED) is 0.106. The van der Waals surface area contributed by atoms with Gasteiger partial charge in [0.05, 0.1) is 41.2 Å². The van der Waals surface area contributed by atoms with Gasteiger partial charge < -0.3 is 19.9 Å². The van der Waals surface area contributed by atoms with Crippen molar-refractivity contribution in [2.75, 3.05) is 55.6 Å². The van der Waals surface area contributed by atoms with E-state index in [1.54, 1.807) is 30.6 Å². The fourth-order valence-electron chi connectivity index (χ4n) is 11.1. The number of fused-ring (bicyclic) bond motifs is 2. The number of benzene rings is 2. The molecule has 4 fully saturated rings. The summed E-state index contributed by atoms with van der Waals surface area (Å²) in [6, 6.07) is 15.6. The van der Waals surface area contributed by atoms with E-state index in [9.17, 15) is 24.0 Å². The number of anilines is 2. The first-order valence-corrected chi connectivity index (χ1v) is 22.2. The third-order valence-corrected chi connectivity index (χ3v) is 14.4. The van der Waals surface area contributed by atoms with Crippen molar-refractivity contribution in [1.29, 1.82) is 0 Å². The lowest BCUT2D eigenvalue weighted by molar-refractivity contribution is -0.163. The smallest absolute Gasteiger partial charge is 0.262 e. The molecule has 1 unspecified atom stereocenters. The van der Waals surface area contributed by atoms with Crippen LogP contribution in [0.3, 0.4) is 0 Å². The van der Waals surface area contributed by atoms with E-state index in [1.807, 2.05) is 36.4 Å². The van der Waals surface area contributed by atoms with Crippen LogP contribution in [0.15, 0.2) is 67.0 Å². The molecule has 5 aliphatic rings. The van der Waals surface area contributed by atoms with E-state index in [0.29, 0.717) is 39.6 Å². The van der Waals surface area contributed by atoms with Gasteiger partial charge in [0.15, 0.2) is 5.78 Å². The molecule has 2 saturated heterocycles. The second kappa shape index (κ2) is 16.5. The Kier molecular flexibility index (Phi) is 11.0. The molecule has 1 N–H and O–H groups in total. The second-order valence-corrected chi connectivity index (χ2v) is 19.0. The van der Waals surface area contributed by atoms with Gasteiger partial charge in [0.1, 0.15) is 23.5 Å². The number of hydrogen-bond donors (Lipinski definition) is 1. The van der Waals surface area contributed by atoms with Gasteiger partial charge in [0.2, 0.25) is 5.69 Å². The van der Waals surface area contributed by atoms with E-state index >= 15 is 0 Å². The molecule has 2 aromatic heterocycles. The fraction of sp³-hybridized carbons (Fsp3) is 0.469. The highest BCUT2D eigenvalue weighted by atomic mass is 16.5. The first-order chi connectivity index (χ1) is 30.2. The number of carbonyl (C=O) groups excluding carboxylic acids is 5. The lowest BCUT2D eigenvalue weighted by atomic mass is 9.49. The molecule has 9 rings (SSSR count). The minimum Gasteiger partial charge on any atom is -0.489 e. The number of nitrogens with zero attached hydrogens (tertiary/aromatic N) is 7. The first-order valence-electron chi connectivity index (χ1n) is 22.2. The number of ketones is 2. The Balaban J connectivity index is 0.721. The van der Waals surface area contributed by atoms with Crippen molar-refractivity contribution in [3.8, 4) is 5.75 Å². The van der Waals surface area contributed by atoms with E-state index in [1.165, 1.54) is 0 Å². The fourth-order valence-corrected chi connectivity index (χ4v) is 11.1. The van der Waals surface area contributed by atoms with Gasteiger partial charge >= 0.3 is 0 Å². The van der Waals surface area contributed by atoms with E-state index in [2.05, 4.69) is 57.5 Å². The van der Waals surface area contributed by atoms with Crippen LogP contribution in [0.5, 0.6) is 5.75 Å². The number of imide groups is 1. The Morgan fingerprint density at radius 2 is 1.60 bits per heavy atom. The van der Waals surface area contributed by atoms with Crippen molar-refractivity contribution in [1.82, 2.24) is 25.1 Å². The number of piperidine rings is 1. The Bertz CT molecular complexity index is 2520. The van der Waals surface area contributed by atoms with Crippen molar-refractivity contribution in [3.63, 3.8) is 0 Å². The number of rotatable bonds is 10. The maximum absolute atomic E-state index is 13.6. The molecule has 326 valence electrons. The summed E-state index contributed by atoms with van der Waals surface area (Å²) in [5.74, 6) is 0.632. The van der Waals surface area contributed by atoms with Crippen molar-refractivity contribution >= 4 is 57.4 Å². The highest BCUT2D eigenvalue weighted by Crippen LogP contribution is 2.56. The minimum atomic E-state index is -0.863. The number of amides is 3. The van der Waals surface area contributed by atoms with Crippen LogP contribution in [0.2, 0.25) is 0 Å². The molecule has 3 aliphatic heterocycles. The van der Waals surface area contributed by atoms with Gasteiger partial charge in [-0.2, -0.15) is 0 Å². The number of carbonyl (C=O) groups is 5. The number of piperazine rings is 1. The SMILES string of the molecule is [C-]#[N+]c1ccc(OC2C(C)(C)C(NC(=O)c3ccc(N4CCC(CCN5CCN(c6ccc7c(c6)C(=O)N(C6CCC(=O)CC6=O)C7=O)CC5)CC4)nc3)C2(C)C)c2cccnc12. The van der Waals surface area contributed by atoms with E-state index < -0.39 is 17.9 Å². The summed E-state index contributed by atoms with van der Waals surface area (Å²) < 4.78 is 6.66. The molecule has 0 bridgehead atoms. The zero-order valence-corrected chi connectivity index (χ0v) is 36.4. The number of ether oxygens (including phenoxy) is 1. The molecule has 63 heavy (non-hydrogen) atoms. The molecule has 2 saturated carbocycles. The summed E-state index contributed by atoms with van der Waals surface area (Å²) in [6.07, 6.45) is 6.63. The van der Waals surface area contributed by atoms with E-state index in [0.717, 1.165) is 86.9 Å². The topological polar surface area (TPSA) is 150 Å². The van der Waals surface area contributed by atoms with Gasteiger partial charge in [0, 0.05) is 86.0 Å². The molecule has 1 atom stereocenters. The molecule has 3 amide bonds. The lowest BCUT2D eigenvalue weighted by Gasteiger charge is -2.63. The van der Waals surface area contributed by atoms with Gasteiger partial charge in [-0.15, -0.1) is 0 Å². The van der Waals surface area contributed by atoms with Crippen LogP contribution in [0.4, 0.5) is 17.2 Å². The number of Topliss-reactive ketones (excluding diaryl/α,β-unsaturated/α-hetero) is 2. The number of hydrogen-bond acceptors (Lipinski definition) is 11. The third-order valence-electron chi connectivity index (χ3n) is 14.4. The first kappa shape index (κ1) is 42.1. The van der Waals surface area contributed by atoms with Crippen LogP contribution in [-0.4, -0.2) is 113 Å². The average Bonchev–Trinajstić information content (AvgIpc) is 3.54. The zero-order chi connectivity index (χ0) is 44.2. The van der Waals surface area contributed by atoms with Crippen LogP contribution < -0.4 is 19.9 Å². The molecule has 14 nitrogen and oxygen atoms in total. The Labute approximate surface area is 367 Å². The van der Waals surface area contributed by atoms with Gasteiger partial charge in [-0.3, -0.25) is 38.8 Å². The van der Waals surface area contributed by atoms with Crippen molar-refractivity contribution in [3.05, 3.63) is 95.1 Å². The summed E-state index contributed by atoms with van der Waals surface area (Å²) in [5.41, 5.74) is 2.44. The summed E-state index contributed by atoms with van der Waals surface area (Å²) in [5, 5.41) is 4.09. The van der Waals surface area contributed by atoms with Gasteiger partial charge in [-0.05, 0) is 86.7 Å². The molecule has 2 aromatic carbocycles. The van der Waals surface area contributed by atoms with Crippen molar-refractivity contribution in [2.24, 2.45) is 16.7 Å². The maximum Gasteiger partial charge on any atom is 0.262 e. The minimum absolute atomic E-state index is 0.142. The Morgan fingerprint density at radius 3 is 2.30 bits per heavy atom. The van der Waals surface area contributed by atoms with E-state index in [4.69, 9.17) is 16.3 Å². The Morgan fingerprint density at radius 1 is 0.857 bits per heavy atom. The highest BCUT2D eigenvalue weighted by Gasteiger charge is 2.64. The van der Waals surface area contributed by atoms with Crippen molar-refractivity contribution in [2.45, 2.75) is 84.4 Å². The summed E-state index contributed by atoms with van der Waals surface area (Å²) >= 11 is 0. The molecular formula is C49H54N8O6. The zero-order valence-electron chi connectivity index (χ0n) is 36.4. The predicted molar refractivity (Wildman–Crippen MR) is 238 cm³/mol. The summed E-state index contributed by atoms with van der Waals surface area (Å²) in [4.78, 5) is 85.4. The average molecular weight is 851 g/mol. The molecular weight excluding hydrogens is 797 g/mol. The number of pyridine rings is 2. The van der Waals surface area contributed by atoms with Crippen LogP contribution in [0.1, 0.15) is 97.3 Å². The normalized spacial score (nSPS) is 23.7. The highest BCUT2D eigenvalue weighted by molar-refractivity contribution is 6.24. The molecule has 2 aliphatic carbocycles. The van der Waals surface area contributed by atoms with Gasteiger partial charge in [0.25, 0.3) is 17.7 Å². The largest absolute Gasteiger partial charge is 0.489 e. The molecule has 4 aromatic rings. The predicted octanol–water partition coefficient (Wildman–Crippen LogP) is 6.51. The molecule has 5 heterocycles. The van der Waals surface area contributed by atoms with Crippen molar-refractivity contribution < 1.29 is 28.7 Å². The van der Waals surface area contributed by atoms with E-state index in [-0.39, 0.29) is 59.7 Å². The number of aromatic nitrogens is 2. The van der Waals surface area contributed by atoms with Crippen LogP contribution in [0, 0.1) is 23.3 Å². The Hall–Kier alpha value is -6.20. The van der Waals surface area contributed by atoms with Gasteiger partial charge in [-0.25, -0.2) is 9.83 Å². The third kappa shape index (κ3) is 7.70. The standard InChI is InChI=1S/C49H54N8O6/c1-48(2)46(49(3,4)47(48)63-40-14-12-37(50-5)42-35(40)7-6-19-51-42)53-43(60)31-8-15-41(52-29-31)56-21-17-30(18-22-56)16-20-54-23-25-55(26-24-54)32-9-11-34-36(27-32)45(62)57(44(34)61)38-13-10-33(58)28-39(38)59/h6-9,11-12,14-15,19,27,29-30,38,46-47H,10,13,16-18,20-26,28H2,1-4H3,(H,53,60). The summed E-state index contributed by atoms with van der Waals surface area (Å²) in [7, 11) is 0. The maximum atomic E-state index is 13.6. The monoisotopic (exact) mass is 850 g/mol. The lowest BCUT2D eigenvalue weighted by Crippen LogP contribution is -2.74. The van der Waals surface area contributed by atoms with Crippen LogP contribution in [0.25, 0.3) is 15.7 Å². The second-order valence-electron chi connectivity index (χ2n) is 19.0. The molecule has 0 radical (unpaired) electrons. The van der Waals surface area contributed by atoms with Crippen LogP contribution >= 0.6 is 0 Å². The summed E-state index contributed by atoms with van der Waals surface area (Å²) in [6.45, 7) is 22.3. The van der Waals surface area contributed by atoms with Crippen LogP contribution in [-0.2, 0) is 9.59 Å². The number of nitrogens with one attached hydrogen (secondary N) is 1. The molecule has 14 heteroatoms. The van der Waals surface area contributed by atoms with Gasteiger partial charge in [-0.1, -0.05) is 33.8 Å². The molecule has 0 spiro atoms.